The van der Waals surface area contributed by atoms with Gasteiger partial charge < -0.3 is 19.7 Å². The van der Waals surface area contributed by atoms with E-state index in [0.29, 0.717) is 32.6 Å². The number of fused-ring (bicyclic) bond motifs is 1. The average molecular weight is 368 g/mol. The van der Waals surface area contributed by atoms with Gasteiger partial charge in [0.15, 0.2) is 11.5 Å². The monoisotopic (exact) mass is 368 g/mol. The molecule has 2 aliphatic rings. The molecule has 4 rings (SSSR count). The second-order valence-electron chi connectivity index (χ2n) is 6.88. The summed E-state index contributed by atoms with van der Waals surface area (Å²) in [6, 6.07) is 6.15. The Labute approximate surface area is 158 Å². The smallest absolute Gasteiger partial charge is 0.223 e. The zero-order valence-corrected chi connectivity index (χ0v) is 15.3. The van der Waals surface area contributed by atoms with E-state index in [9.17, 15) is 4.79 Å². The van der Waals surface area contributed by atoms with Crippen molar-refractivity contribution in [1.29, 1.82) is 0 Å². The van der Waals surface area contributed by atoms with Crippen molar-refractivity contribution >= 4 is 11.6 Å². The lowest BCUT2D eigenvalue weighted by Gasteiger charge is -2.34. The number of ether oxygens (including phenoxy) is 2. The van der Waals surface area contributed by atoms with Gasteiger partial charge in [0.2, 0.25) is 5.91 Å². The van der Waals surface area contributed by atoms with Crippen LogP contribution in [0.1, 0.15) is 25.0 Å². The molecule has 7 nitrogen and oxygen atoms in total. The Hall–Kier alpha value is -2.83. The molecule has 1 aromatic carbocycles. The van der Waals surface area contributed by atoms with Gasteiger partial charge in [-0.25, -0.2) is 0 Å². The van der Waals surface area contributed by atoms with Crippen LogP contribution in [0.25, 0.3) is 0 Å². The SMILES string of the molecule is O=C(CCc1cnccn1)N1CCCC(Nc2ccc3c(c2)OCCO3)C1. The average Bonchev–Trinajstić information content (AvgIpc) is 2.73. The summed E-state index contributed by atoms with van der Waals surface area (Å²) in [5.74, 6) is 1.74. The first-order valence-corrected chi connectivity index (χ1v) is 9.47. The van der Waals surface area contributed by atoms with E-state index in [1.54, 1.807) is 18.6 Å². The predicted molar refractivity (Wildman–Crippen MR) is 101 cm³/mol. The maximum absolute atomic E-state index is 12.6. The van der Waals surface area contributed by atoms with Crippen molar-refractivity contribution in [2.75, 3.05) is 31.6 Å². The molecule has 0 spiro atoms. The van der Waals surface area contributed by atoms with Gasteiger partial charge in [0.05, 0.1) is 5.69 Å². The highest BCUT2D eigenvalue weighted by molar-refractivity contribution is 5.76. The largest absolute Gasteiger partial charge is 0.486 e. The third kappa shape index (κ3) is 4.48. The van der Waals surface area contributed by atoms with E-state index in [0.717, 1.165) is 42.3 Å². The summed E-state index contributed by atoms with van der Waals surface area (Å²) >= 11 is 0. The number of hydrogen-bond donors (Lipinski definition) is 1. The summed E-state index contributed by atoms with van der Waals surface area (Å²) in [5, 5.41) is 3.54. The van der Waals surface area contributed by atoms with Crippen LogP contribution in [0, 0.1) is 0 Å². The van der Waals surface area contributed by atoms with E-state index in [-0.39, 0.29) is 11.9 Å². The molecule has 1 aromatic heterocycles. The molecule has 2 aliphatic heterocycles. The third-order valence-electron chi connectivity index (χ3n) is 4.90. The summed E-state index contributed by atoms with van der Waals surface area (Å²) in [4.78, 5) is 22.8. The number of nitrogens with one attached hydrogen (secondary N) is 1. The quantitative estimate of drug-likeness (QED) is 0.873. The van der Waals surface area contributed by atoms with E-state index < -0.39 is 0 Å². The molecule has 27 heavy (non-hydrogen) atoms. The van der Waals surface area contributed by atoms with Crippen LogP contribution in [0.4, 0.5) is 5.69 Å². The topological polar surface area (TPSA) is 76.6 Å². The van der Waals surface area contributed by atoms with Gasteiger partial charge in [0.25, 0.3) is 0 Å². The first-order valence-electron chi connectivity index (χ1n) is 9.47. The molecule has 1 atom stereocenters. The molecule has 142 valence electrons. The van der Waals surface area contributed by atoms with Crippen LogP contribution < -0.4 is 14.8 Å². The van der Waals surface area contributed by atoms with Crippen LogP contribution in [0.15, 0.2) is 36.8 Å². The Kier molecular flexibility index (Phi) is 5.37. The van der Waals surface area contributed by atoms with E-state index in [2.05, 4.69) is 15.3 Å². The number of piperidine rings is 1. The van der Waals surface area contributed by atoms with Crippen LogP contribution in [-0.4, -0.2) is 53.1 Å². The minimum atomic E-state index is 0.175. The Bertz CT molecular complexity index is 784. The standard InChI is InChI=1S/C20H24N4O3/c25-20(6-4-16-13-21-7-8-22-16)24-9-1-2-17(14-24)23-15-3-5-18-19(12-15)27-11-10-26-18/h3,5,7-8,12-13,17,23H,1-2,4,6,9-11,14H2. The molecule has 1 fully saturated rings. The summed E-state index contributed by atoms with van der Waals surface area (Å²) in [6.45, 7) is 2.70. The van der Waals surface area contributed by atoms with E-state index >= 15 is 0 Å². The van der Waals surface area contributed by atoms with Crippen molar-refractivity contribution in [2.45, 2.75) is 31.7 Å². The molecule has 0 radical (unpaired) electrons. The second-order valence-corrected chi connectivity index (χ2v) is 6.88. The number of hydrogen-bond acceptors (Lipinski definition) is 6. The van der Waals surface area contributed by atoms with E-state index in [4.69, 9.17) is 9.47 Å². The number of benzene rings is 1. The highest BCUT2D eigenvalue weighted by Gasteiger charge is 2.24. The number of carbonyl (C=O) groups excluding carboxylic acids is 1. The number of carbonyl (C=O) groups is 1. The number of aromatic nitrogens is 2. The molecule has 1 unspecified atom stereocenters. The van der Waals surface area contributed by atoms with Crippen molar-refractivity contribution in [3.63, 3.8) is 0 Å². The number of aryl methyl sites for hydroxylation is 1. The maximum atomic E-state index is 12.6. The minimum Gasteiger partial charge on any atom is -0.486 e. The molecule has 7 heteroatoms. The van der Waals surface area contributed by atoms with E-state index in [1.165, 1.54) is 0 Å². The zero-order chi connectivity index (χ0) is 18.5. The van der Waals surface area contributed by atoms with Crippen LogP contribution in [0.2, 0.25) is 0 Å². The summed E-state index contributed by atoms with van der Waals surface area (Å²) < 4.78 is 11.2. The lowest BCUT2D eigenvalue weighted by molar-refractivity contribution is -0.132. The number of nitrogens with zero attached hydrogens (tertiary/aromatic N) is 3. The van der Waals surface area contributed by atoms with Gasteiger partial charge in [-0.05, 0) is 31.4 Å². The van der Waals surface area contributed by atoms with Crippen molar-refractivity contribution in [3.8, 4) is 11.5 Å². The number of anilines is 1. The molecule has 1 amide bonds. The van der Waals surface area contributed by atoms with Crippen LogP contribution in [0.3, 0.4) is 0 Å². The lowest BCUT2D eigenvalue weighted by atomic mass is 10.0. The Morgan fingerprint density at radius 2 is 2.11 bits per heavy atom. The van der Waals surface area contributed by atoms with Crippen molar-refractivity contribution in [2.24, 2.45) is 0 Å². The lowest BCUT2D eigenvalue weighted by Crippen LogP contribution is -2.45. The molecule has 1 saturated heterocycles. The fourth-order valence-corrected chi connectivity index (χ4v) is 3.54. The zero-order valence-electron chi connectivity index (χ0n) is 15.3. The fraction of sp³-hybridized carbons (Fsp3) is 0.450. The molecule has 2 aromatic rings. The number of likely N-dealkylation sites (tertiary alicyclic amines) is 1. The fourth-order valence-electron chi connectivity index (χ4n) is 3.54. The first kappa shape index (κ1) is 17.6. The normalized spacial score (nSPS) is 18.8. The van der Waals surface area contributed by atoms with Gasteiger partial charge in [-0.2, -0.15) is 0 Å². The summed E-state index contributed by atoms with van der Waals surface area (Å²) in [7, 11) is 0. The Morgan fingerprint density at radius 3 is 2.96 bits per heavy atom. The summed E-state index contributed by atoms with van der Waals surface area (Å²) in [5.41, 5.74) is 1.85. The van der Waals surface area contributed by atoms with Gasteiger partial charge in [-0.3, -0.25) is 14.8 Å². The first-order chi connectivity index (χ1) is 13.3. The maximum Gasteiger partial charge on any atom is 0.223 e. The van der Waals surface area contributed by atoms with Gasteiger partial charge in [0.1, 0.15) is 13.2 Å². The van der Waals surface area contributed by atoms with Crippen LogP contribution in [0.5, 0.6) is 11.5 Å². The van der Waals surface area contributed by atoms with Gasteiger partial charge in [0, 0.05) is 55.9 Å². The van der Waals surface area contributed by atoms with Gasteiger partial charge in [-0.1, -0.05) is 0 Å². The van der Waals surface area contributed by atoms with Crippen molar-refractivity contribution in [3.05, 3.63) is 42.5 Å². The molecular formula is C20H24N4O3. The van der Waals surface area contributed by atoms with Gasteiger partial charge >= 0.3 is 0 Å². The third-order valence-corrected chi connectivity index (χ3v) is 4.90. The molecular weight excluding hydrogens is 344 g/mol. The van der Waals surface area contributed by atoms with Crippen LogP contribution in [-0.2, 0) is 11.2 Å². The molecule has 0 saturated carbocycles. The van der Waals surface area contributed by atoms with E-state index in [1.807, 2.05) is 23.1 Å². The highest BCUT2D eigenvalue weighted by atomic mass is 16.6. The van der Waals surface area contributed by atoms with Crippen molar-refractivity contribution < 1.29 is 14.3 Å². The second kappa shape index (κ2) is 8.24. The highest BCUT2D eigenvalue weighted by Crippen LogP contribution is 2.33. The summed E-state index contributed by atoms with van der Waals surface area (Å²) in [6.07, 6.45) is 8.16. The van der Waals surface area contributed by atoms with Crippen molar-refractivity contribution in [1.82, 2.24) is 14.9 Å². The Balaban J connectivity index is 1.32. The molecule has 3 heterocycles. The predicted octanol–water partition coefficient (Wildman–Crippen LogP) is 2.28. The minimum absolute atomic E-state index is 0.175. The van der Waals surface area contributed by atoms with Gasteiger partial charge in [-0.15, -0.1) is 0 Å². The molecule has 1 N–H and O–H groups in total. The molecule has 0 bridgehead atoms. The van der Waals surface area contributed by atoms with Crippen LogP contribution >= 0.6 is 0 Å². The molecule has 0 aliphatic carbocycles. The number of rotatable bonds is 5. The number of amides is 1. The Morgan fingerprint density at radius 1 is 1.22 bits per heavy atom.